The van der Waals surface area contributed by atoms with Crippen LogP contribution < -0.4 is 21.3 Å². The molecule has 6 N–H and O–H groups in total. The van der Waals surface area contributed by atoms with Gasteiger partial charge in [-0.1, -0.05) is 69.9 Å². The highest BCUT2D eigenvalue weighted by molar-refractivity contribution is 5.94. The van der Waals surface area contributed by atoms with Gasteiger partial charge in [0.15, 0.2) is 17.7 Å². The van der Waals surface area contributed by atoms with Gasteiger partial charge in [-0.2, -0.15) is 0 Å². The number of hydrogen-bond donors (Lipinski definition) is 6. The maximum Gasteiger partial charge on any atom is 0.246 e. The molecule has 15 heteroatoms. The predicted octanol–water partition coefficient (Wildman–Crippen LogP) is 3.66. The Morgan fingerprint density at radius 2 is 1.66 bits per heavy atom. The Morgan fingerprint density at radius 1 is 0.967 bits per heavy atom. The number of nitrogens with one attached hydrogen (secondary N) is 4. The summed E-state index contributed by atoms with van der Waals surface area (Å²) in [5, 5.41) is 32.6. The second-order valence-corrected chi connectivity index (χ2v) is 18.5. The number of unbranched alkanes of at least 4 members (excludes halogenated alkanes) is 3. The standard InChI is InChI=1S/C46H72N4O11/c1-9-11-12-13-14-16-27(3)59-25-38(54)48-29(5)42(56)50-30(6)43(57)49-28(4)41(55)47-26-58-24-36(53)46-37(60-39(61-46)15-10-2)22-34-33-18-17-31-21-32(51)19-20-44(31,7)40(33)35(52)23-45(34,46)8/h9,19-21,27-30,32-35,37,39-40,51-52H,1,10-18,22-26H2,2-8H3,(H,47,55)(H,48,54)(H,49,57)(H,50,56)/t27?,28-,29-,30-,32?,33-,34-,35-,37+,39?,40+,44-,45-,46+/m0/s1. The zero-order valence-electron chi connectivity index (χ0n) is 37.3. The largest absolute Gasteiger partial charge is 0.393 e. The Bertz CT molecular complexity index is 1670. The Labute approximate surface area is 361 Å². The number of hydrogen-bond acceptors (Lipinski definition) is 11. The van der Waals surface area contributed by atoms with E-state index in [1.807, 2.05) is 26.0 Å². The van der Waals surface area contributed by atoms with Crippen LogP contribution >= 0.6 is 0 Å². The Morgan fingerprint density at radius 3 is 2.34 bits per heavy atom. The Balaban J connectivity index is 1.08. The van der Waals surface area contributed by atoms with Crippen LogP contribution in [-0.4, -0.2) is 114 Å². The number of aliphatic hydroxyl groups excluding tert-OH is 2. The van der Waals surface area contributed by atoms with Gasteiger partial charge in [0, 0.05) is 16.7 Å². The summed E-state index contributed by atoms with van der Waals surface area (Å²) in [6.45, 7) is 15.4. The number of fused-ring (bicyclic) bond motifs is 7. The quantitative estimate of drug-likeness (QED) is 0.0526. The number of carbonyl (C=O) groups excluding carboxylic acids is 5. The lowest BCUT2D eigenvalue weighted by Gasteiger charge is -2.60. The fourth-order valence-electron chi connectivity index (χ4n) is 11.0. The van der Waals surface area contributed by atoms with E-state index in [4.69, 9.17) is 18.9 Å². The van der Waals surface area contributed by atoms with Gasteiger partial charge in [-0.25, -0.2) is 0 Å². The third-order valence-corrected chi connectivity index (χ3v) is 14.2. The molecule has 4 amide bonds. The maximum absolute atomic E-state index is 14.5. The van der Waals surface area contributed by atoms with Crippen LogP contribution in [0.5, 0.6) is 0 Å². The van der Waals surface area contributed by atoms with Crippen LogP contribution in [0.25, 0.3) is 0 Å². The minimum Gasteiger partial charge on any atom is -0.393 e. The second kappa shape index (κ2) is 20.8. The summed E-state index contributed by atoms with van der Waals surface area (Å²) in [5.74, 6) is -2.44. The minimum absolute atomic E-state index is 0.0373. The first-order valence-electron chi connectivity index (χ1n) is 22.5. The van der Waals surface area contributed by atoms with Crippen LogP contribution in [0.3, 0.4) is 0 Å². The normalized spacial score (nSPS) is 34.2. The summed E-state index contributed by atoms with van der Waals surface area (Å²) in [6, 6.07) is -2.95. The maximum atomic E-state index is 14.5. The van der Waals surface area contributed by atoms with Crippen LogP contribution in [0.15, 0.2) is 36.5 Å². The van der Waals surface area contributed by atoms with E-state index in [2.05, 4.69) is 47.8 Å². The third kappa shape index (κ3) is 10.5. The first-order valence-corrected chi connectivity index (χ1v) is 22.5. The number of ketones is 1. The van der Waals surface area contributed by atoms with Crippen molar-refractivity contribution >= 4 is 29.4 Å². The molecule has 3 unspecified atom stereocenters. The van der Waals surface area contributed by atoms with E-state index >= 15 is 0 Å². The summed E-state index contributed by atoms with van der Waals surface area (Å²) in [6.07, 6.45) is 14.0. The van der Waals surface area contributed by atoms with Crippen molar-refractivity contribution in [2.24, 2.45) is 28.6 Å². The van der Waals surface area contributed by atoms with E-state index in [9.17, 15) is 34.2 Å². The topological polar surface area (TPSA) is 211 Å². The zero-order valence-corrected chi connectivity index (χ0v) is 37.3. The number of carbonyl (C=O) groups is 5. The van der Waals surface area contributed by atoms with Crippen molar-refractivity contribution < 1.29 is 53.1 Å². The molecule has 4 aliphatic carbocycles. The van der Waals surface area contributed by atoms with E-state index in [0.29, 0.717) is 19.3 Å². The van der Waals surface area contributed by atoms with Gasteiger partial charge in [-0.05, 0) is 90.9 Å². The summed E-state index contributed by atoms with van der Waals surface area (Å²) in [4.78, 5) is 65.5. The molecule has 61 heavy (non-hydrogen) atoms. The van der Waals surface area contributed by atoms with Gasteiger partial charge in [-0.15, -0.1) is 6.58 Å². The SMILES string of the molecule is C=CCCCCCC(C)OCC(=O)N[C@@H](C)C(=O)N[C@@H](C)C(=O)N[C@@H](C)C(=O)NCOCC(=O)[C@@]12OC(CCC)O[C@@H]1C[C@H]1[C@@H]3CCC4=CC(O)C=C[C@]4(C)[C@H]3[C@@H](O)C[C@@]12C. The van der Waals surface area contributed by atoms with Crippen LogP contribution in [0.4, 0.5) is 0 Å². The van der Waals surface area contributed by atoms with Gasteiger partial charge >= 0.3 is 0 Å². The molecule has 1 aliphatic heterocycles. The zero-order chi connectivity index (χ0) is 44.7. The van der Waals surface area contributed by atoms with Gasteiger partial charge < -0.3 is 50.4 Å². The van der Waals surface area contributed by atoms with Crippen molar-refractivity contribution in [1.82, 2.24) is 21.3 Å². The molecule has 0 aromatic rings. The fraction of sp³-hybridized carbons (Fsp3) is 0.761. The lowest BCUT2D eigenvalue weighted by atomic mass is 9.46. The smallest absolute Gasteiger partial charge is 0.246 e. The molecule has 1 saturated heterocycles. The molecule has 15 nitrogen and oxygen atoms in total. The number of amides is 4. The number of aliphatic hydroxyl groups is 2. The second-order valence-electron chi connectivity index (χ2n) is 18.5. The highest BCUT2D eigenvalue weighted by Gasteiger charge is 2.75. The summed E-state index contributed by atoms with van der Waals surface area (Å²) in [7, 11) is 0. The molecule has 0 bridgehead atoms. The molecule has 14 atom stereocenters. The summed E-state index contributed by atoms with van der Waals surface area (Å²) in [5.41, 5.74) is -1.34. The van der Waals surface area contributed by atoms with Gasteiger partial charge in [0.1, 0.15) is 38.1 Å². The average molecular weight is 857 g/mol. The van der Waals surface area contributed by atoms with Crippen molar-refractivity contribution in [3.8, 4) is 0 Å². The van der Waals surface area contributed by atoms with Gasteiger partial charge in [0.2, 0.25) is 23.6 Å². The van der Waals surface area contributed by atoms with E-state index in [1.165, 1.54) is 20.8 Å². The number of ether oxygens (including phenoxy) is 4. The van der Waals surface area contributed by atoms with Crippen molar-refractivity contribution in [3.05, 3.63) is 36.5 Å². The van der Waals surface area contributed by atoms with Crippen molar-refractivity contribution in [2.45, 2.75) is 174 Å². The molecule has 0 aromatic carbocycles. The summed E-state index contributed by atoms with van der Waals surface area (Å²) < 4.78 is 24.6. The molecule has 1 heterocycles. The molecule has 0 radical (unpaired) electrons. The molecular formula is C46H72N4O11. The van der Waals surface area contributed by atoms with E-state index in [1.54, 1.807) is 6.08 Å². The van der Waals surface area contributed by atoms with Crippen LogP contribution in [0.1, 0.15) is 119 Å². The van der Waals surface area contributed by atoms with Gasteiger partial charge in [-0.3, -0.25) is 24.0 Å². The first kappa shape index (κ1) is 48.6. The van der Waals surface area contributed by atoms with E-state index < -0.39 is 82.8 Å². The first-order chi connectivity index (χ1) is 28.9. The molecule has 0 spiro atoms. The fourth-order valence-corrected chi connectivity index (χ4v) is 11.0. The van der Waals surface area contributed by atoms with Gasteiger partial charge in [0.05, 0.1) is 24.4 Å². The number of rotatable bonds is 22. The van der Waals surface area contributed by atoms with Gasteiger partial charge in [0.25, 0.3) is 0 Å². The van der Waals surface area contributed by atoms with E-state index in [-0.39, 0.29) is 49.6 Å². The predicted molar refractivity (Wildman–Crippen MR) is 227 cm³/mol. The Hall–Kier alpha value is -3.47. The molecule has 5 aliphatic rings. The summed E-state index contributed by atoms with van der Waals surface area (Å²) >= 11 is 0. The highest BCUT2D eigenvalue weighted by Crippen LogP contribution is 2.69. The monoisotopic (exact) mass is 857 g/mol. The van der Waals surface area contributed by atoms with E-state index in [0.717, 1.165) is 56.9 Å². The molecule has 4 fully saturated rings. The van der Waals surface area contributed by atoms with Crippen LogP contribution in [0.2, 0.25) is 0 Å². The van der Waals surface area contributed by atoms with Crippen LogP contribution in [0, 0.1) is 28.6 Å². The molecule has 0 aromatic heterocycles. The lowest BCUT2D eigenvalue weighted by molar-refractivity contribution is -0.201. The third-order valence-electron chi connectivity index (χ3n) is 14.2. The number of Topliss-reactive ketones (excluding diaryl/α,β-unsaturated/α-hetero) is 1. The van der Waals surface area contributed by atoms with Crippen molar-refractivity contribution in [3.63, 3.8) is 0 Å². The van der Waals surface area contributed by atoms with Crippen molar-refractivity contribution in [2.75, 3.05) is 19.9 Å². The Kier molecular flexibility index (Phi) is 16.6. The van der Waals surface area contributed by atoms with Crippen molar-refractivity contribution in [1.29, 1.82) is 0 Å². The van der Waals surface area contributed by atoms with Crippen LogP contribution in [-0.2, 0) is 42.9 Å². The average Bonchev–Trinajstić information content (AvgIpc) is 3.70. The minimum atomic E-state index is -1.34. The molecule has 342 valence electrons. The lowest BCUT2D eigenvalue weighted by Crippen LogP contribution is -2.63. The molecule has 5 rings (SSSR count). The number of allylic oxidation sites excluding steroid dienone is 3. The molecular weight excluding hydrogens is 785 g/mol. The highest BCUT2D eigenvalue weighted by atomic mass is 16.7. The molecule has 3 saturated carbocycles.